The number of aryl methyl sites for hydroxylation is 1. The minimum absolute atomic E-state index is 0.0211. The van der Waals surface area contributed by atoms with Crippen molar-refractivity contribution in [3.63, 3.8) is 0 Å². The molecule has 2 rings (SSSR count). The number of carbonyl (C=O) groups is 2. The number of nitrogens with one attached hydrogen (secondary N) is 1. The molecule has 2 amide bonds. The lowest BCUT2D eigenvalue weighted by Gasteiger charge is -2.29. The molecule has 2 aromatic carbocycles. The summed E-state index contributed by atoms with van der Waals surface area (Å²) in [6.45, 7) is 6.11. The third-order valence-corrected chi connectivity index (χ3v) is 5.16. The summed E-state index contributed by atoms with van der Waals surface area (Å²) in [5.74, 6) is 1.11. The van der Waals surface area contributed by atoms with Gasteiger partial charge >= 0.3 is 0 Å². The van der Waals surface area contributed by atoms with Crippen molar-refractivity contribution in [1.29, 1.82) is 0 Å². The Morgan fingerprint density at radius 3 is 2.19 bits per heavy atom. The van der Waals surface area contributed by atoms with Crippen molar-refractivity contribution in [2.45, 2.75) is 52.1 Å². The second kappa shape index (κ2) is 12.0. The number of benzene rings is 2. The van der Waals surface area contributed by atoms with Gasteiger partial charge in [-0.1, -0.05) is 36.4 Å². The second-order valence-corrected chi connectivity index (χ2v) is 7.85. The molecule has 0 aliphatic rings. The summed E-state index contributed by atoms with van der Waals surface area (Å²) in [5.41, 5.74) is 2.12. The first-order valence-electron chi connectivity index (χ1n) is 10.7. The van der Waals surface area contributed by atoms with Crippen LogP contribution < -0.4 is 14.8 Å². The van der Waals surface area contributed by atoms with Crippen molar-refractivity contribution in [3.8, 4) is 11.5 Å². The van der Waals surface area contributed by atoms with Crippen molar-refractivity contribution in [1.82, 2.24) is 10.2 Å². The van der Waals surface area contributed by atoms with Gasteiger partial charge < -0.3 is 19.7 Å². The third kappa shape index (κ3) is 7.31. The average molecular weight is 427 g/mol. The number of hydrogen-bond acceptors (Lipinski definition) is 4. The molecular weight excluding hydrogens is 392 g/mol. The highest BCUT2D eigenvalue weighted by Crippen LogP contribution is 2.28. The number of amides is 2. The van der Waals surface area contributed by atoms with Gasteiger partial charge in [0.15, 0.2) is 11.5 Å². The summed E-state index contributed by atoms with van der Waals surface area (Å²) in [4.78, 5) is 27.4. The SMILES string of the molecule is COc1ccc(CCC(=O)N(CCc2ccccc2)[C@H](C)C(=O)NC(C)C)cc1OC. The quantitative estimate of drug-likeness (QED) is 0.596. The van der Waals surface area contributed by atoms with Crippen LogP contribution in [0, 0.1) is 0 Å². The van der Waals surface area contributed by atoms with E-state index in [1.807, 2.05) is 62.4 Å². The van der Waals surface area contributed by atoms with Crippen LogP contribution in [0.1, 0.15) is 38.3 Å². The summed E-state index contributed by atoms with van der Waals surface area (Å²) >= 11 is 0. The minimum Gasteiger partial charge on any atom is -0.493 e. The highest BCUT2D eigenvalue weighted by Gasteiger charge is 2.26. The molecule has 168 valence electrons. The van der Waals surface area contributed by atoms with Gasteiger partial charge in [0.05, 0.1) is 14.2 Å². The van der Waals surface area contributed by atoms with Gasteiger partial charge in [-0.25, -0.2) is 0 Å². The molecule has 6 heteroatoms. The molecule has 0 aliphatic carbocycles. The molecule has 0 spiro atoms. The van der Waals surface area contributed by atoms with E-state index >= 15 is 0 Å². The van der Waals surface area contributed by atoms with Crippen LogP contribution in [0.4, 0.5) is 0 Å². The van der Waals surface area contributed by atoms with Crippen LogP contribution in [0.5, 0.6) is 11.5 Å². The van der Waals surface area contributed by atoms with Crippen LogP contribution in [0.25, 0.3) is 0 Å². The van der Waals surface area contributed by atoms with E-state index in [-0.39, 0.29) is 17.9 Å². The third-order valence-electron chi connectivity index (χ3n) is 5.16. The minimum atomic E-state index is -0.538. The van der Waals surface area contributed by atoms with Crippen molar-refractivity contribution in [3.05, 3.63) is 59.7 Å². The zero-order chi connectivity index (χ0) is 22.8. The Kier molecular flexibility index (Phi) is 9.38. The van der Waals surface area contributed by atoms with Gasteiger partial charge in [-0.3, -0.25) is 9.59 Å². The van der Waals surface area contributed by atoms with Crippen LogP contribution in [0.3, 0.4) is 0 Å². The van der Waals surface area contributed by atoms with Crippen LogP contribution in [0.15, 0.2) is 48.5 Å². The number of methoxy groups -OCH3 is 2. The summed E-state index contributed by atoms with van der Waals surface area (Å²) in [6.07, 6.45) is 1.56. The van der Waals surface area contributed by atoms with E-state index in [2.05, 4.69) is 5.32 Å². The molecule has 0 unspecified atom stereocenters. The summed E-state index contributed by atoms with van der Waals surface area (Å²) in [5, 5.41) is 2.91. The molecule has 0 fully saturated rings. The molecule has 1 N–H and O–H groups in total. The number of carbonyl (C=O) groups excluding carboxylic acids is 2. The molecule has 31 heavy (non-hydrogen) atoms. The van der Waals surface area contributed by atoms with E-state index in [9.17, 15) is 9.59 Å². The molecule has 0 saturated carbocycles. The molecule has 0 saturated heterocycles. The Morgan fingerprint density at radius 1 is 0.903 bits per heavy atom. The van der Waals surface area contributed by atoms with E-state index in [1.165, 1.54) is 0 Å². The van der Waals surface area contributed by atoms with Gasteiger partial charge in [-0.05, 0) is 56.9 Å². The van der Waals surface area contributed by atoms with Gasteiger partial charge in [0.2, 0.25) is 11.8 Å². The van der Waals surface area contributed by atoms with E-state index in [0.29, 0.717) is 37.3 Å². The van der Waals surface area contributed by atoms with Crippen molar-refractivity contribution >= 4 is 11.8 Å². The zero-order valence-corrected chi connectivity index (χ0v) is 19.2. The first-order valence-corrected chi connectivity index (χ1v) is 10.7. The average Bonchev–Trinajstić information content (AvgIpc) is 2.77. The maximum Gasteiger partial charge on any atom is 0.242 e. The predicted molar refractivity (Wildman–Crippen MR) is 122 cm³/mol. The summed E-state index contributed by atoms with van der Waals surface area (Å²) in [6, 6.07) is 15.1. The van der Waals surface area contributed by atoms with Crippen molar-refractivity contribution in [2.75, 3.05) is 20.8 Å². The maximum atomic E-state index is 13.1. The first-order chi connectivity index (χ1) is 14.8. The number of hydrogen-bond donors (Lipinski definition) is 1. The van der Waals surface area contributed by atoms with Gasteiger partial charge in [-0.2, -0.15) is 0 Å². The standard InChI is InChI=1S/C25H34N2O4/c1-18(2)26-25(29)19(3)27(16-15-20-9-7-6-8-10-20)24(28)14-12-21-11-13-22(30-4)23(17-21)31-5/h6-11,13,17-19H,12,14-16H2,1-5H3,(H,26,29)/t19-/m1/s1. The second-order valence-electron chi connectivity index (χ2n) is 7.85. The molecule has 0 bridgehead atoms. The normalized spacial score (nSPS) is 11.7. The van der Waals surface area contributed by atoms with Crippen LogP contribution in [-0.4, -0.2) is 49.6 Å². The molecule has 2 aromatic rings. The Hall–Kier alpha value is -3.02. The van der Waals surface area contributed by atoms with E-state index in [1.54, 1.807) is 26.0 Å². The lowest BCUT2D eigenvalue weighted by molar-refractivity contribution is -0.140. The van der Waals surface area contributed by atoms with E-state index < -0.39 is 6.04 Å². The van der Waals surface area contributed by atoms with Gasteiger partial charge in [0, 0.05) is 19.0 Å². The fourth-order valence-corrected chi connectivity index (χ4v) is 3.41. The Morgan fingerprint density at radius 2 is 1.58 bits per heavy atom. The lowest BCUT2D eigenvalue weighted by Crippen LogP contribution is -2.50. The predicted octanol–water partition coefficient (Wildman–Crippen LogP) is 3.62. The van der Waals surface area contributed by atoms with Crippen LogP contribution in [-0.2, 0) is 22.4 Å². The molecule has 6 nitrogen and oxygen atoms in total. The number of rotatable bonds is 11. The maximum absolute atomic E-state index is 13.1. The van der Waals surface area contributed by atoms with Crippen molar-refractivity contribution < 1.29 is 19.1 Å². The molecular formula is C25H34N2O4. The Balaban J connectivity index is 2.10. The monoisotopic (exact) mass is 426 g/mol. The highest BCUT2D eigenvalue weighted by molar-refractivity contribution is 5.87. The Bertz CT molecular complexity index is 852. The van der Waals surface area contributed by atoms with E-state index in [4.69, 9.17) is 9.47 Å². The van der Waals surface area contributed by atoms with Gasteiger partial charge in [0.25, 0.3) is 0 Å². The zero-order valence-electron chi connectivity index (χ0n) is 19.2. The molecule has 0 aliphatic heterocycles. The van der Waals surface area contributed by atoms with Gasteiger partial charge in [0.1, 0.15) is 6.04 Å². The molecule has 1 atom stereocenters. The molecule has 0 heterocycles. The molecule has 0 radical (unpaired) electrons. The topological polar surface area (TPSA) is 67.9 Å². The summed E-state index contributed by atoms with van der Waals surface area (Å²) in [7, 11) is 3.18. The Labute approximate surface area is 185 Å². The largest absolute Gasteiger partial charge is 0.493 e. The van der Waals surface area contributed by atoms with Crippen LogP contribution >= 0.6 is 0 Å². The highest BCUT2D eigenvalue weighted by atomic mass is 16.5. The fourth-order valence-electron chi connectivity index (χ4n) is 3.41. The number of ether oxygens (including phenoxy) is 2. The lowest BCUT2D eigenvalue weighted by atomic mass is 10.1. The smallest absolute Gasteiger partial charge is 0.242 e. The summed E-state index contributed by atoms with van der Waals surface area (Å²) < 4.78 is 10.6. The fraction of sp³-hybridized carbons (Fsp3) is 0.440. The van der Waals surface area contributed by atoms with Crippen LogP contribution in [0.2, 0.25) is 0 Å². The van der Waals surface area contributed by atoms with Crippen molar-refractivity contribution in [2.24, 2.45) is 0 Å². The first kappa shape index (κ1) is 24.3. The van der Waals surface area contributed by atoms with Gasteiger partial charge in [-0.15, -0.1) is 0 Å². The number of nitrogens with zero attached hydrogens (tertiary/aromatic N) is 1. The molecule has 0 aromatic heterocycles. The van der Waals surface area contributed by atoms with E-state index in [0.717, 1.165) is 11.1 Å².